The largest absolute Gasteiger partial charge is 0.381 e. The van der Waals surface area contributed by atoms with Gasteiger partial charge in [-0.05, 0) is 56.2 Å². The first-order valence-corrected chi connectivity index (χ1v) is 13.6. The second-order valence-corrected chi connectivity index (χ2v) is 11.6. The number of hydrogen-bond donors (Lipinski definition) is 2. The number of fused-ring (bicyclic) bond motifs is 1. The summed E-state index contributed by atoms with van der Waals surface area (Å²) in [5.74, 6) is -0.400. The predicted molar refractivity (Wildman–Crippen MR) is 139 cm³/mol. The van der Waals surface area contributed by atoms with Crippen LogP contribution in [0.5, 0.6) is 0 Å². The third-order valence-corrected chi connectivity index (χ3v) is 9.16. The van der Waals surface area contributed by atoms with Crippen molar-refractivity contribution in [3.8, 4) is 0 Å². The molecule has 2 heterocycles. The van der Waals surface area contributed by atoms with Crippen molar-refractivity contribution in [3.05, 3.63) is 71.3 Å². The number of aliphatic hydroxyl groups excluding tert-OH is 1. The number of nitrogens with zero attached hydrogens (tertiary/aromatic N) is 2. The number of benzene rings is 2. The maximum absolute atomic E-state index is 13.5. The van der Waals surface area contributed by atoms with Crippen LogP contribution in [0.1, 0.15) is 42.9 Å². The molecule has 5 rings (SSSR count). The minimum atomic E-state index is -1.41. The molecule has 2 saturated heterocycles. The lowest BCUT2D eigenvalue weighted by Crippen LogP contribution is -2.73. The summed E-state index contributed by atoms with van der Waals surface area (Å²) in [4.78, 5) is 42.1. The SMILES string of the molecule is Cc1ccccc1CN1C(=O)[C@H]2N(C(=O)[C@@H](O)[C@H](CCc3ccccc3)NC(=O)C3CC3)CSC21C. The molecule has 1 aliphatic carbocycles. The first kappa shape index (κ1) is 24.8. The van der Waals surface area contributed by atoms with Gasteiger partial charge in [-0.1, -0.05) is 54.6 Å². The lowest BCUT2D eigenvalue weighted by atomic mass is 9.91. The number of hydrogen-bond acceptors (Lipinski definition) is 5. The van der Waals surface area contributed by atoms with Crippen molar-refractivity contribution in [1.29, 1.82) is 0 Å². The van der Waals surface area contributed by atoms with Crippen molar-refractivity contribution in [2.24, 2.45) is 5.92 Å². The van der Waals surface area contributed by atoms with E-state index in [2.05, 4.69) is 5.32 Å². The van der Waals surface area contributed by atoms with Crippen molar-refractivity contribution in [3.63, 3.8) is 0 Å². The van der Waals surface area contributed by atoms with E-state index in [1.165, 1.54) is 4.90 Å². The number of amides is 3. The van der Waals surface area contributed by atoms with Crippen molar-refractivity contribution in [1.82, 2.24) is 15.1 Å². The Hall–Kier alpha value is -2.84. The van der Waals surface area contributed by atoms with Crippen LogP contribution in [-0.2, 0) is 27.3 Å². The van der Waals surface area contributed by atoms with Crippen molar-refractivity contribution in [2.45, 2.75) is 69.1 Å². The molecular formula is C28H33N3O4S. The number of carbonyl (C=O) groups excluding carboxylic acids is 3. The Labute approximate surface area is 216 Å². The molecule has 1 saturated carbocycles. The number of aliphatic hydroxyl groups is 1. The van der Waals surface area contributed by atoms with Crippen LogP contribution in [0.2, 0.25) is 0 Å². The summed E-state index contributed by atoms with van der Waals surface area (Å²) in [6.45, 7) is 4.51. The molecule has 2 aliphatic heterocycles. The van der Waals surface area contributed by atoms with Crippen LogP contribution in [0.4, 0.5) is 0 Å². The molecule has 0 aromatic heterocycles. The normalized spacial score (nSPS) is 24.6. The molecule has 2 aromatic rings. The van der Waals surface area contributed by atoms with Gasteiger partial charge in [0.25, 0.3) is 5.91 Å². The topological polar surface area (TPSA) is 90.0 Å². The van der Waals surface area contributed by atoms with E-state index in [0.29, 0.717) is 25.3 Å². The molecule has 0 bridgehead atoms. The summed E-state index contributed by atoms with van der Waals surface area (Å²) in [5.41, 5.74) is 3.28. The van der Waals surface area contributed by atoms with Crippen LogP contribution in [0, 0.1) is 12.8 Å². The number of rotatable bonds is 9. The number of carbonyl (C=O) groups is 3. The molecule has 2 N–H and O–H groups in total. The lowest BCUT2D eigenvalue weighted by Gasteiger charge is -2.53. The second kappa shape index (κ2) is 9.90. The summed E-state index contributed by atoms with van der Waals surface area (Å²) in [5, 5.41) is 14.1. The zero-order chi connectivity index (χ0) is 25.4. The van der Waals surface area contributed by atoms with E-state index in [1.54, 1.807) is 11.8 Å². The summed E-state index contributed by atoms with van der Waals surface area (Å²) in [6, 6.07) is 16.5. The van der Waals surface area contributed by atoms with E-state index in [-0.39, 0.29) is 17.7 Å². The van der Waals surface area contributed by atoms with E-state index in [0.717, 1.165) is 29.5 Å². The molecule has 7 nitrogen and oxygen atoms in total. The summed E-state index contributed by atoms with van der Waals surface area (Å²) in [7, 11) is 0. The number of thioether (sulfide) groups is 1. The Balaban J connectivity index is 1.28. The molecule has 2 aromatic carbocycles. The molecule has 0 spiro atoms. The standard InChI is InChI=1S/C28H33N3O4S/c1-18-8-6-7-11-21(18)16-31-27(35)24-28(31,2)36-17-30(24)26(34)23(32)22(29-25(33)20-13-14-20)15-12-19-9-4-3-5-10-19/h3-11,20,22-24,32H,12-17H2,1-2H3,(H,29,33)/t22-,23-,24+,28?/m0/s1. The van der Waals surface area contributed by atoms with E-state index >= 15 is 0 Å². The summed E-state index contributed by atoms with van der Waals surface area (Å²) in [6.07, 6.45) is 1.34. The minimum absolute atomic E-state index is 0.0274. The zero-order valence-corrected chi connectivity index (χ0v) is 21.5. The molecule has 4 atom stereocenters. The van der Waals surface area contributed by atoms with Gasteiger partial charge in [0.1, 0.15) is 10.9 Å². The highest BCUT2D eigenvalue weighted by atomic mass is 32.2. The smallest absolute Gasteiger partial charge is 0.255 e. The van der Waals surface area contributed by atoms with Gasteiger partial charge >= 0.3 is 0 Å². The summed E-state index contributed by atoms with van der Waals surface area (Å²) >= 11 is 1.55. The van der Waals surface area contributed by atoms with Gasteiger partial charge in [-0.25, -0.2) is 0 Å². The quantitative estimate of drug-likeness (QED) is 0.510. The van der Waals surface area contributed by atoms with E-state index in [4.69, 9.17) is 0 Å². The monoisotopic (exact) mass is 507 g/mol. The van der Waals surface area contributed by atoms with Gasteiger partial charge in [0.05, 0.1) is 11.9 Å². The number of nitrogens with one attached hydrogen (secondary N) is 1. The Morgan fingerprint density at radius 1 is 1.14 bits per heavy atom. The second-order valence-electron chi connectivity index (χ2n) is 10.2. The highest BCUT2D eigenvalue weighted by Gasteiger charge is 2.65. The third-order valence-electron chi connectivity index (χ3n) is 7.72. The predicted octanol–water partition coefficient (Wildman–Crippen LogP) is 2.84. The van der Waals surface area contributed by atoms with E-state index < -0.39 is 29.0 Å². The van der Waals surface area contributed by atoms with Crippen LogP contribution >= 0.6 is 11.8 Å². The van der Waals surface area contributed by atoms with Gasteiger partial charge in [-0.3, -0.25) is 14.4 Å². The van der Waals surface area contributed by atoms with Crippen LogP contribution in [0.25, 0.3) is 0 Å². The molecule has 190 valence electrons. The van der Waals surface area contributed by atoms with Crippen LogP contribution < -0.4 is 5.32 Å². The van der Waals surface area contributed by atoms with Gasteiger partial charge in [0, 0.05) is 12.5 Å². The molecule has 3 fully saturated rings. The van der Waals surface area contributed by atoms with Crippen molar-refractivity contribution < 1.29 is 19.5 Å². The first-order valence-electron chi connectivity index (χ1n) is 12.6. The Morgan fingerprint density at radius 3 is 2.53 bits per heavy atom. The average molecular weight is 508 g/mol. The molecule has 3 aliphatic rings. The fraction of sp³-hybridized carbons (Fsp3) is 0.464. The average Bonchev–Trinajstić information content (AvgIpc) is 3.69. The Morgan fingerprint density at radius 2 is 1.83 bits per heavy atom. The van der Waals surface area contributed by atoms with Gasteiger partial charge in [0.2, 0.25) is 11.8 Å². The molecule has 3 amide bonds. The maximum Gasteiger partial charge on any atom is 0.255 e. The molecule has 0 radical (unpaired) electrons. The number of β-lactam (4-membered cyclic amide) rings is 1. The number of aryl methyl sites for hydroxylation is 2. The first-order chi connectivity index (χ1) is 17.3. The Kier molecular flexibility index (Phi) is 6.83. The van der Waals surface area contributed by atoms with E-state index in [1.807, 2.05) is 73.3 Å². The maximum atomic E-state index is 13.5. The van der Waals surface area contributed by atoms with Crippen molar-refractivity contribution >= 4 is 29.5 Å². The van der Waals surface area contributed by atoms with Gasteiger partial charge in [-0.2, -0.15) is 0 Å². The summed E-state index contributed by atoms with van der Waals surface area (Å²) < 4.78 is 0. The fourth-order valence-corrected chi connectivity index (χ4v) is 6.55. The van der Waals surface area contributed by atoms with E-state index in [9.17, 15) is 19.5 Å². The molecular weight excluding hydrogens is 474 g/mol. The number of likely N-dealkylation sites (tertiary alicyclic amines) is 1. The highest BCUT2D eigenvalue weighted by molar-refractivity contribution is 8.01. The van der Waals surface area contributed by atoms with Crippen molar-refractivity contribution in [2.75, 3.05) is 5.88 Å². The zero-order valence-electron chi connectivity index (χ0n) is 20.7. The molecule has 8 heteroatoms. The van der Waals surface area contributed by atoms with Crippen LogP contribution in [0.15, 0.2) is 54.6 Å². The molecule has 1 unspecified atom stereocenters. The minimum Gasteiger partial charge on any atom is -0.381 e. The lowest BCUT2D eigenvalue weighted by molar-refractivity contribution is -0.168. The van der Waals surface area contributed by atoms with Gasteiger partial charge in [-0.15, -0.1) is 11.8 Å². The van der Waals surface area contributed by atoms with Gasteiger partial charge in [0.15, 0.2) is 6.10 Å². The third kappa shape index (κ3) is 4.64. The fourth-order valence-electron chi connectivity index (χ4n) is 5.18. The van der Waals surface area contributed by atoms with Gasteiger partial charge < -0.3 is 20.2 Å². The highest BCUT2D eigenvalue weighted by Crippen LogP contribution is 2.51. The molecule has 36 heavy (non-hydrogen) atoms. The van der Waals surface area contributed by atoms with Crippen LogP contribution in [0.3, 0.4) is 0 Å². The Bertz CT molecular complexity index is 1150. The van der Waals surface area contributed by atoms with Crippen LogP contribution in [-0.4, -0.2) is 61.6 Å².